The molecule has 3 aliphatic rings. The number of hydrogen-bond acceptors (Lipinski definition) is 5. The van der Waals surface area contributed by atoms with Gasteiger partial charge in [0.2, 0.25) is 0 Å². The van der Waals surface area contributed by atoms with Crippen LogP contribution in [0.3, 0.4) is 0 Å². The number of benzene rings is 1. The molecule has 3 aliphatic heterocycles. The first-order valence-corrected chi connectivity index (χ1v) is 10.2. The maximum absolute atomic E-state index is 12.9. The Morgan fingerprint density at radius 1 is 1.26 bits per heavy atom. The van der Waals surface area contributed by atoms with Crippen molar-refractivity contribution in [1.82, 2.24) is 4.98 Å². The summed E-state index contributed by atoms with van der Waals surface area (Å²) >= 11 is 1.39. The molecule has 2 aromatic heterocycles. The molecule has 5 nitrogen and oxygen atoms in total. The fraction of sp³-hybridized carbons (Fsp3) is 0.333. The predicted molar refractivity (Wildman–Crippen MR) is 112 cm³/mol. The number of rotatable bonds is 2. The molecule has 3 N–H and O–H groups in total. The SMILES string of the molecule is Cc1ccc(C)c(NC(=O)c2sc3nc4c(cc3c2N)N2CCC4CC2)c1. The van der Waals surface area contributed by atoms with Gasteiger partial charge in [0.05, 0.1) is 17.1 Å². The van der Waals surface area contributed by atoms with Crippen LogP contribution in [0.5, 0.6) is 0 Å². The number of aromatic nitrogens is 1. The van der Waals surface area contributed by atoms with Crippen LogP contribution in [0.1, 0.15) is 45.3 Å². The summed E-state index contributed by atoms with van der Waals surface area (Å²) in [5, 5.41) is 3.92. The molecule has 27 heavy (non-hydrogen) atoms. The van der Waals surface area contributed by atoms with E-state index in [0.717, 1.165) is 40.1 Å². The number of aryl methyl sites for hydroxylation is 2. The van der Waals surface area contributed by atoms with E-state index < -0.39 is 0 Å². The summed E-state index contributed by atoms with van der Waals surface area (Å²) in [6.45, 7) is 6.19. The predicted octanol–water partition coefficient (Wildman–Crippen LogP) is 4.45. The summed E-state index contributed by atoms with van der Waals surface area (Å²) in [5.74, 6) is 0.385. The van der Waals surface area contributed by atoms with Crippen molar-refractivity contribution in [2.24, 2.45) is 0 Å². The number of anilines is 3. The molecule has 1 fully saturated rings. The monoisotopic (exact) mass is 378 g/mol. The van der Waals surface area contributed by atoms with E-state index in [1.807, 2.05) is 32.0 Å². The summed E-state index contributed by atoms with van der Waals surface area (Å²) < 4.78 is 0. The Labute approximate surface area is 162 Å². The molecular formula is C21H22N4OS. The standard InChI is InChI=1S/C21H22N4OS/c1-11-3-4-12(2)15(9-11)23-20(26)19-17(22)14-10-16-18(24-21(14)27-19)13-5-7-25(16)8-6-13/h3-4,9-10,13H,5-8,22H2,1-2H3,(H,23,26). The van der Waals surface area contributed by atoms with E-state index in [9.17, 15) is 4.79 Å². The van der Waals surface area contributed by atoms with Gasteiger partial charge in [-0.1, -0.05) is 12.1 Å². The number of fused-ring (bicyclic) bond motifs is 3. The first-order valence-electron chi connectivity index (χ1n) is 9.37. The second-order valence-corrected chi connectivity index (χ2v) is 8.62. The highest BCUT2D eigenvalue weighted by Crippen LogP contribution is 2.45. The van der Waals surface area contributed by atoms with Crippen molar-refractivity contribution in [2.45, 2.75) is 32.6 Å². The summed E-state index contributed by atoms with van der Waals surface area (Å²) in [6, 6.07) is 8.18. The lowest BCUT2D eigenvalue weighted by molar-refractivity contribution is 0.103. The van der Waals surface area contributed by atoms with Gasteiger partial charge >= 0.3 is 0 Å². The lowest BCUT2D eigenvalue weighted by atomic mass is 9.86. The molecule has 0 aliphatic carbocycles. The van der Waals surface area contributed by atoms with E-state index in [4.69, 9.17) is 10.7 Å². The van der Waals surface area contributed by atoms with Crippen molar-refractivity contribution >= 4 is 44.5 Å². The minimum atomic E-state index is -0.162. The molecule has 0 radical (unpaired) electrons. The van der Waals surface area contributed by atoms with Gasteiger partial charge in [0.15, 0.2) is 0 Å². The second-order valence-electron chi connectivity index (χ2n) is 7.62. The fourth-order valence-electron chi connectivity index (χ4n) is 4.21. The van der Waals surface area contributed by atoms with E-state index in [1.54, 1.807) is 0 Å². The van der Waals surface area contributed by atoms with Crippen LogP contribution < -0.4 is 16.0 Å². The highest BCUT2D eigenvalue weighted by atomic mass is 32.1. The summed E-state index contributed by atoms with van der Waals surface area (Å²) in [5.41, 5.74) is 12.3. The minimum Gasteiger partial charge on any atom is -0.397 e. The van der Waals surface area contributed by atoms with Gasteiger partial charge in [0.1, 0.15) is 9.71 Å². The molecule has 6 heteroatoms. The van der Waals surface area contributed by atoms with Crippen LogP contribution >= 0.6 is 11.3 Å². The van der Waals surface area contributed by atoms with E-state index in [-0.39, 0.29) is 5.91 Å². The van der Waals surface area contributed by atoms with Crippen LogP contribution in [-0.2, 0) is 0 Å². The zero-order chi connectivity index (χ0) is 18.7. The number of nitrogen functional groups attached to an aromatic ring is 1. The molecule has 5 heterocycles. The summed E-state index contributed by atoms with van der Waals surface area (Å²) in [4.78, 5) is 21.6. The molecule has 0 saturated carbocycles. The highest BCUT2D eigenvalue weighted by molar-refractivity contribution is 7.21. The minimum absolute atomic E-state index is 0.162. The summed E-state index contributed by atoms with van der Waals surface area (Å²) in [6.07, 6.45) is 2.35. The average Bonchev–Trinajstić information content (AvgIpc) is 3.00. The smallest absolute Gasteiger partial charge is 0.267 e. The average molecular weight is 379 g/mol. The Balaban J connectivity index is 1.55. The van der Waals surface area contributed by atoms with Gasteiger partial charge < -0.3 is 16.0 Å². The third kappa shape index (κ3) is 2.58. The first-order chi connectivity index (χ1) is 13.0. The number of nitrogens with two attached hydrogens (primary N) is 1. The van der Waals surface area contributed by atoms with Crippen molar-refractivity contribution in [1.29, 1.82) is 0 Å². The van der Waals surface area contributed by atoms with Crippen LogP contribution in [0.2, 0.25) is 0 Å². The van der Waals surface area contributed by atoms with E-state index in [0.29, 0.717) is 16.5 Å². The lowest BCUT2D eigenvalue weighted by Gasteiger charge is -2.41. The van der Waals surface area contributed by atoms with Gasteiger partial charge in [-0.15, -0.1) is 11.3 Å². The normalized spacial score (nSPS) is 16.0. The van der Waals surface area contributed by atoms with Crippen LogP contribution in [0.15, 0.2) is 24.3 Å². The third-order valence-electron chi connectivity index (χ3n) is 5.80. The van der Waals surface area contributed by atoms with Crippen LogP contribution in [-0.4, -0.2) is 24.0 Å². The number of piperidine rings is 1. The van der Waals surface area contributed by atoms with Crippen molar-refractivity contribution in [2.75, 3.05) is 29.0 Å². The third-order valence-corrected chi connectivity index (χ3v) is 6.91. The molecule has 6 rings (SSSR count). The van der Waals surface area contributed by atoms with Crippen molar-refractivity contribution in [3.63, 3.8) is 0 Å². The van der Waals surface area contributed by atoms with Crippen LogP contribution in [0.4, 0.5) is 17.1 Å². The zero-order valence-corrected chi connectivity index (χ0v) is 16.3. The second kappa shape index (κ2) is 5.96. The molecule has 0 atom stereocenters. The largest absolute Gasteiger partial charge is 0.397 e. The molecule has 1 saturated heterocycles. The molecule has 0 unspecified atom stereocenters. The molecule has 3 aromatic rings. The highest BCUT2D eigenvalue weighted by Gasteiger charge is 2.33. The number of amides is 1. The van der Waals surface area contributed by atoms with Gasteiger partial charge in [-0.3, -0.25) is 4.79 Å². The molecule has 2 bridgehead atoms. The molecule has 1 amide bonds. The van der Waals surface area contributed by atoms with Crippen molar-refractivity contribution in [3.8, 4) is 0 Å². The Morgan fingerprint density at radius 3 is 2.81 bits per heavy atom. The van der Waals surface area contributed by atoms with Gasteiger partial charge in [-0.2, -0.15) is 0 Å². The first kappa shape index (κ1) is 16.6. The Kier molecular flexibility index (Phi) is 3.65. The van der Waals surface area contributed by atoms with Gasteiger partial charge in [0, 0.05) is 30.1 Å². The van der Waals surface area contributed by atoms with Crippen LogP contribution in [0.25, 0.3) is 10.2 Å². The Morgan fingerprint density at radius 2 is 2.04 bits per heavy atom. The number of hydrogen-bond donors (Lipinski definition) is 2. The number of nitrogens with one attached hydrogen (secondary N) is 1. The number of thiophene rings is 1. The van der Waals surface area contributed by atoms with E-state index in [2.05, 4.69) is 16.3 Å². The zero-order valence-electron chi connectivity index (χ0n) is 15.5. The maximum Gasteiger partial charge on any atom is 0.267 e. The molecule has 1 aromatic carbocycles. The van der Waals surface area contributed by atoms with E-state index >= 15 is 0 Å². The van der Waals surface area contributed by atoms with Crippen LogP contribution in [0, 0.1) is 13.8 Å². The van der Waals surface area contributed by atoms with Crippen molar-refractivity contribution < 1.29 is 4.79 Å². The number of pyridine rings is 1. The molecule has 0 spiro atoms. The van der Waals surface area contributed by atoms with Crippen molar-refractivity contribution in [3.05, 3.63) is 46.0 Å². The lowest BCUT2D eigenvalue weighted by Crippen LogP contribution is -2.39. The maximum atomic E-state index is 12.9. The summed E-state index contributed by atoms with van der Waals surface area (Å²) in [7, 11) is 0. The fourth-order valence-corrected chi connectivity index (χ4v) is 5.19. The number of carbonyl (C=O) groups is 1. The van der Waals surface area contributed by atoms with Gasteiger partial charge in [-0.25, -0.2) is 4.98 Å². The van der Waals surface area contributed by atoms with E-state index in [1.165, 1.54) is 35.6 Å². The quantitative estimate of drug-likeness (QED) is 0.691. The molecule has 138 valence electrons. The van der Waals surface area contributed by atoms with Gasteiger partial charge in [-0.05, 0) is 49.9 Å². The number of carbonyl (C=O) groups excluding carboxylic acids is 1. The molecular weight excluding hydrogens is 356 g/mol. The van der Waals surface area contributed by atoms with Gasteiger partial charge in [0.25, 0.3) is 5.91 Å². The Bertz CT molecular complexity index is 1080. The topological polar surface area (TPSA) is 71.2 Å². The number of nitrogens with zero attached hydrogens (tertiary/aromatic N) is 2. The Hall–Kier alpha value is -2.60.